The molecule has 2 nitrogen and oxygen atoms in total. The Kier molecular flexibility index (Phi) is 2.53. The minimum Gasteiger partial charge on any atom is -0.293 e. The summed E-state index contributed by atoms with van der Waals surface area (Å²) in [7, 11) is 0. The summed E-state index contributed by atoms with van der Waals surface area (Å²) >= 11 is 0. The van der Waals surface area contributed by atoms with Crippen LogP contribution >= 0.6 is 0 Å². The van der Waals surface area contributed by atoms with E-state index in [2.05, 4.69) is 88.2 Å². The number of benzene rings is 2. The van der Waals surface area contributed by atoms with Gasteiger partial charge >= 0.3 is 0 Å². The minimum atomic E-state index is 1.01. The van der Waals surface area contributed by atoms with Gasteiger partial charge in [0, 0.05) is 11.1 Å². The van der Waals surface area contributed by atoms with E-state index in [0.29, 0.717) is 0 Å². The Balaban J connectivity index is 1.96. The quantitative estimate of drug-likeness (QED) is 0.434. The second kappa shape index (κ2) is 4.68. The van der Waals surface area contributed by atoms with Crippen molar-refractivity contribution in [1.29, 1.82) is 0 Å². The van der Waals surface area contributed by atoms with Crippen molar-refractivity contribution in [2.24, 2.45) is 0 Å². The van der Waals surface area contributed by atoms with Crippen LogP contribution in [0.1, 0.15) is 0 Å². The van der Waals surface area contributed by atoms with E-state index in [-0.39, 0.29) is 0 Å². The van der Waals surface area contributed by atoms with Gasteiger partial charge in [-0.3, -0.25) is 4.40 Å². The van der Waals surface area contributed by atoms with Crippen molar-refractivity contribution in [1.82, 2.24) is 9.38 Å². The topological polar surface area (TPSA) is 17.3 Å². The van der Waals surface area contributed by atoms with Crippen LogP contribution in [0.15, 0.2) is 85.1 Å². The number of aromatic nitrogens is 2. The van der Waals surface area contributed by atoms with Crippen LogP contribution in [0.25, 0.3) is 38.9 Å². The lowest BCUT2D eigenvalue weighted by atomic mass is 9.94. The third-order valence-electron chi connectivity index (χ3n) is 4.42. The van der Waals surface area contributed by atoms with E-state index >= 15 is 0 Å². The fourth-order valence-electron chi connectivity index (χ4n) is 3.39. The van der Waals surface area contributed by atoms with Crippen molar-refractivity contribution in [2.45, 2.75) is 0 Å². The van der Waals surface area contributed by atoms with Crippen molar-refractivity contribution < 1.29 is 0 Å². The lowest BCUT2D eigenvalue weighted by Crippen LogP contribution is -1.92. The summed E-state index contributed by atoms with van der Waals surface area (Å²) in [5.74, 6) is 0. The van der Waals surface area contributed by atoms with Crippen LogP contribution in [-0.4, -0.2) is 9.38 Å². The van der Waals surface area contributed by atoms with Crippen molar-refractivity contribution in [3.8, 4) is 22.3 Å². The van der Waals surface area contributed by atoms with Gasteiger partial charge in [-0.1, -0.05) is 60.7 Å². The van der Waals surface area contributed by atoms with Gasteiger partial charge in [-0.05, 0) is 34.9 Å². The third-order valence-corrected chi connectivity index (χ3v) is 4.42. The molecule has 5 rings (SSSR count). The lowest BCUT2D eigenvalue weighted by molar-refractivity contribution is 1.32. The highest BCUT2D eigenvalue weighted by Gasteiger charge is 2.16. The molecule has 0 aliphatic carbocycles. The average Bonchev–Trinajstić information content (AvgIpc) is 3.23. The van der Waals surface area contributed by atoms with Gasteiger partial charge in [-0.15, -0.1) is 0 Å². The highest BCUT2D eigenvalue weighted by molar-refractivity contribution is 5.97. The Morgan fingerprint density at radius 2 is 1.39 bits per heavy atom. The van der Waals surface area contributed by atoms with Gasteiger partial charge in [0.2, 0.25) is 0 Å². The molecule has 0 bridgehead atoms. The predicted molar refractivity (Wildman–Crippen MR) is 94.8 cm³/mol. The molecule has 3 aromatic heterocycles. The standard InChI is InChI=1S/C21H14N2/c1-3-7-15(8-4-1)18-13-17-11-12-20-22-14-19(23(17)20)21(18)16-9-5-2-6-10-16/h1-14H. The number of nitrogens with zero attached hydrogens (tertiary/aromatic N) is 2. The van der Waals surface area contributed by atoms with Crippen LogP contribution in [-0.2, 0) is 0 Å². The van der Waals surface area contributed by atoms with Crippen LogP contribution < -0.4 is 0 Å². The van der Waals surface area contributed by atoms with Crippen molar-refractivity contribution in [3.63, 3.8) is 0 Å². The second-order valence-corrected chi connectivity index (χ2v) is 5.76. The lowest BCUT2D eigenvalue weighted by Gasteiger charge is -2.13. The maximum atomic E-state index is 4.56. The van der Waals surface area contributed by atoms with Gasteiger partial charge in [0.25, 0.3) is 0 Å². The zero-order chi connectivity index (χ0) is 15.2. The molecule has 2 aromatic carbocycles. The molecule has 108 valence electrons. The summed E-state index contributed by atoms with van der Waals surface area (Å²) in [6.07, 6.45) is 1.98. The number of imidazole rings is 1. The van der Waals surface area contributed by atoms with Gasteiger partial charge in [-0.2, -0.15) is 0 Å². The molecule has 0 fully saturated rings. The Labute approximate surface area is 134 Å². The zero-order valence-corrected chi connectivity index (χ0v) is 12.5. The molecule has 0 unspecified atom stereocenters. The van der Waals surface area contributed by atoms with E-state index < -0.39 is 0 Å². The molecular weight excluding hydrogens is 280 g/mol. The van der Waals surface area contributed by atoms with Crippen molar-refractivity contribution in [3.05, 3.63) is 85.1 Å². The number of hydrogen-bond acceptors (Lipinski definition) is 1. The Morgan fingerprint density at radius 1 is 0.696 bits per heavy atom. The Bertz CT molecular complexity index is 1090. The smallest absolute Gasteiger partial charge is 0.137 e. The summed E-state index contributed by atoms with van der Waals surface area (Å²) in [6.45, 7) is 0. The van der Waals surface area contributed by atoms with Crippen LogP contribution in [0.2, 0.25) is 0 Å². The van der Waals surface area contributed by atoms with Crippen molar-refractivity contribution in [2.75, 3.05) is 0 Å². The molecule has 5 aromatic rings. The molecule has 2 heteroatoms. The third kappa shape index (κ3) is 1.78. The maximum absolute atomic E-state index is 4.56. The first kappa shape index (κ1) is 12.4. The van der Waals surface area contributed by atoms with E-state index in [4.69, 9.17) is 0 Å². The molecule has 0 spiro atoms. The molecule has 0 aliphatic heterocycles. The molecule has 0 radical (unpaired) electrons. The first-order chi connectivity index (χ1) is 11.4. The average molecular weight is 294 g/mol. The fourth-order valence-corrected chi connectivity index (χ4v) is 3.39. The fraction of sp³-hybridized carbons (Fsp3) is 0. The van der Waals surface area contributed by atoms with Gasteiger partial charge in [0.15, 0.2) is 0 Å². The summed E-state index contributed by atoms with van der Waals surface area (Å²) < 4.78 is 2.23. The van der Waals surface area contributed by atoms with E-state index in [1.165, 1.54) is 27.8 Å². The monoisotopic (exact) mass is 294 g/mol. The highest BCUT2D eigenvalue weighted by Crippen LogP contribution is 2.38. The highest BCUT2D eigenvalue weighted by atomic mass is 15.0. The summed E-state index contributed by atoms with van der Waals surface area (Å²) in [4.78, 5) is 4.56. The van der Waals surface area contributed by atoms with Crippen LogP contribution in [0, 0.1) is 0 Å². The van der Waals surface area contributed by atoms with E-state index in [0.717, 1.165) is 11.2 Å². The molecule has 0 aliphatic rings. The van der Waals surface area contributed by atoms with Crippen molar-refractivity contribution >= 4 is 16.7 Å². The molecule has 23 heavy (non-hydrogen) atoms. The first-order valence-corrected chi connectivity index (χ1v) is 7.75. The second-order valence-electron chi connectivity index (χ2n) is 5.76. The molecule has 0 amide bonds. The zero-order valence-electron chi connectivity index (χ0n) is 12.5. The molecule has 0 N–H and O–H groups in total. The van der Waals surface area contributed by atoms with Crippen LogP contribution in [0.3, 0.4) is 0 Å². The van der Waals surface area contributed by atoms with E-state index in [9.17, 15) is 0 Å². The Hall–Kier alpha value is -3.13. The van der Waals surface area contributed by atoms with E-state index in [1.807, 2.05) is 6.20 Å². The molecule has 0 saturated heterocycles. The largest absolute Gasteiger partial charge is 0.293 e. The van der Waals surface area contributed by atoms with Crippen LogP contribution in [0.4, 0.5) is 0 Å². The maximum Gasteiger partial charge on any atom is 0.137 e. The van der Waals surface area contributed by atoms with Gasteiger partial charge in [0.1, 0.15) is 5.65 Å². The summed E-state index contributed by atoms with van der Waals surface area (Å²) in [6, 6.07) is 27.6. The number of pyridine rings is 1. The minimum absolute atomic E-state index is 1.01. The number of rotatable bonds is 2. The SMILES string of the molecule is c1ccc(-c2cc3ccc4ncc(c2-c2ccccc2)n34)cc1. The molecule has 3 heterocycles. The first-order valence-electron chi connectivity index (χ1n) is 7.75. The van der Waals surface area contributed by atoms with Crippen LogP contribution in [0.5, 0.6) is 0 Å². The van der Waals surface area contributed by atoms with Gasteiger partial charge in [-0.25, -0.2) is 4.98 Å². The van der Waals surface area contributed by atoms with Gasteiger partial charge < -0.3 is 0 Å². The molecule has 0 atom stereocenters. The predicted octanol–water partition coefficient (Wildman–Crippen LogP) is 5.26. The van der Waals surface area contributed by atoms with E-state index in [1.54, 1.807) is 0 Å². The number of hydrogen-bond donors (Lipinski definition) is 0. The molecular formula is C21H14N2. The molecule has 0 saturated carbocycles. The summed E-state index contributed by atoms with van der Waals surface area (Å²) in [5, 5.41) is 0. The summed E-state index contributed by atoms with van der Waals surface area (Å²) in [5.41, 5.74) is 8.29. The Morgan fingerprint density at radius 3 is 2.13 bits per heavy atom. The van der Waals surface area contributed by atoms with Gasteiger partial charge in [0.05, 0.1) is 11.7 Å². The normalized spacial score (nSPS) is 11.5.